The lowest BCUT2D eigenvalue weighted by atomic mass is 9.95. The molecule has 1 unspecified atom stereocenters. The van der Waals surface area contributed by atoms with E-state index in [2.05, 4.69) is 24.4 Å². The summed E-state index contributed by atoms with van der Waals surface area (Å²) in [7, 11) is 0. The van der Waals surface area contributed by atoms with Gasteiger partial charge in [0.05, 0.1) is 0 Å². The Kier molecular flexibility index (Phi) is 6.89. The predicted molar refractivity (Wildman–Crippen MR) is 88.4 cm³/mol. The largest absolute Gasteiger partial charge is 0.314 e. The van der Waals surface area contributed by atoms with Crippen molar-refractivity contribution in [2.75, 3.05) is 6.54 Å². The van der Waals surface area contributed by atoms with E-state index in [4.69, 9.17) is 11.6 Å². The van der Waals surface area contributed by atoms with Crippen LogP contribution in [-0.2, 0) is 6.42 Å². The van der Waals surface area contributed by atoms with E-state index in [0.29, 0.717) is 6.04 Å². The highest BCUT2D eigenvalue weighted by Crippen LogP contribution is 2.29. The summed E-state index contributed by atoms with van der Waals surface area (Å²) < 4.78 is 0. The summed E-state index contributed by atoms with van der Waals surface area (Å²) in [4.78, 5) is 0. The SMILES string of the molecule is CCCNC(CCC1CCCC1)Cc1ccccc1Cl. The van der Waals surface area contributed by atoms with Gasteiger partial charge in [0, 0.05) is 11.1 Å². The molecule has 0 aliphatic heterocycles. The van der Waals surface area contributed by atoms with Gasteiger partial charge in [-0.1, -0.05) is 62.4 Å². The first kappa shape index (κ1) is 15.9. The lowest BCUT2D eigenvalue weighted by Gasteiger charge is -2.21. The smallest absolute Gasteiger partial charge is 0.0438 e. The van der Waals surface area contributed by atoms with Crippen LogP contribution in [0, 0.1) is 5.92 Å². The molecule has 1 aromatic carbocycles. The van der Waals surface area contributed by atoms with Gasteiger partial charge in [0.25, 0.3) is 0 Å². The van der Waals surface area contributed by atoms with Gasteiger partial charge in [-0.05, 0) is 49.8 Å². The highest BCUT2D eigenvalue weighted by atomic mass is 35.5. The van der Waals surface area contributed by atoms with Crippen LogP contribution in [0.4, 0.5) is 0 Å². The van der Waals surface area contributed by atoms with E-state index in [1.54, 1.807) is 0 Å². The van der Waals surface area contributed by atoms with E-state index < -0.39 is 0 Å². The molecule has 0 aromatic heterocycles. The highest BCUT2D eigenvalue weighted by Gasteiger charge is 2.18. The van der Waals surface area contributed by atoms with Crippen LogP contribution in [0.3, 0.4) is 0 Å². The molecule has 1 nitrogen and oxygen atoms in total. The molecule has 1 fully saturated rings. The van der Waals surface area contributed by atoms with Crippen LogP contribution in [0.2, 0.25) is 5.02 Å². The molecule has 1 aliphatic rings. The highest BCUT2D eigenvalue weighted by molar-refractivity contribution is 6.31. The number of nitrogens with one attached hydrogen (secondary N) is 1. The second-order valence-corrected chi connectivity index (χ2v) is 6.58. The molecule has 0 heterocycles. The minimum atomic E-state index is 0.579. The van der Waals surface area contributed by atoms with Crippen molar-refractivity contribution in [3.63, 3.8) is 0 Å². The molecule has 0 radical (unpaired) electrons. The van der Waals surface area contributed by atoms with E-state index in [-0.39, 0.29) is 0 Å². The second kappa shape index (κ2) is 8.69. The van der Waals surface area contributed by atoms with Crippen molar-refractivity contribution >= 4 is 11.6 Å². The summed E-state index contributed by atoms with van der Waals surface area (Å²) in [6.07, 6.45) is 10.7. The monoisotopic (exact) mass is 293 g/mol. The Morgan fingerprint density at radius 1 is 1.25 bits per heavy atom. The van der Waals surface area contributed by atoms with Gasteiger partial charge < -0.3 is 5.32 Å². The zero-order chi connectivity index (χ0) is 14.2. The van der Waals surface area contributed by atoms with Gasteiger partial charge in [-0.25, -0.2) is 0 Å². The van der Waals surface area contributed by atoms with Gasteiger partial charge in [-0.3, -0.25) is 0 Å². The lowest BCUT2D eigenvalue weighted by Crippen LogP contribution is -2.32. The van der Waals surface area contributed by atoms with E-state index in [0.717, 1.165) is 23.9 Å². The summed E-state index contributed by atoms with van der Waals surface area (Å²) in [5.74, 6) is 0.979. The Labute approximate surface area is 129 Å². The third kappa shape index (κ3) is 5.10. The average Bonchev–Trinajstić information content (AvgIpc) is 2.97. The third-order valence-corrected chi connectivity index (χ3v) is 4.87. The molecule has 1 saturated carbocycles. The van der Waals surface area contributed by atoms with Crippen molar-refractivity contribution < 1.29 is 0 Å². The minimum absolute atomic E-state index is 0.579. The van der Waals surface area contributed by atoms with Gasteiger partial charge in [0.1, 0.15) is 0 Å². The van der Waals surface area contributed by atoms with E-state index >= 15 is 0 Å². The van der Waals surface area contributed by atoms with E-state index in [1.807, 2.05) is 12.1 Å². The fourth-order valence-electron chi connectivity index (χ4n) is 3.29. The van der Waals surface area contributed by atoms with Gasteiger partial charge in [-0.15, -0.1) is 0 Å². The van der Waals surface area contributed by atoms with Crippen LogP contribution in [0.25, 0.3) is 0 Å². The molecule has 0 amide bonds. The zero-order valence-corrected chi connectivity index (χ0v) is 13.5. The Morgan fingerprint density at radius 2 is 2.00 bits per heavy atom. The van der Waals surface area contributed by atoms with Crippen LogP contribution >= 0.6 is 11.6 Å². The summed E-state index contributed by atoms with van der Waals surface area (Å²) >= 11 is 6.30. The fourth-order valence-corrected chi connectivity index (χ4v) is 3.50. The maximum atomic E-state index is 6.30. The Hall–Kier alpha value is -0.530. The Balaban J connectivity index is 1.87. The summed E-state index contributed by atoms with van der Waals surface area (Å²) in [5, 5.41) is 4.62. The van der Waals surface area contributed by atoms with Gasteiger partial charge in [-0.2, -0.15) is 0 Å². The molecule has 112 valence electrons. The molecule has 2 heteroatoms. The van der Waals surface area contributed by atoms with Gasteiger partial charge >= 0.3 is 0 Å². The molecule has 0 spiro atoms. The lowest BCUT2D eigenvalue weighted by molar-refractivity contribution is 0.402. The number of rotatable bonds is 8. The molecular formula is C18H28ClN. The molecule has 1 aliphatic carbocycles. The van der Waals surface area contributed by atoms with Crippen molar-refractivity contribution in [1.82, 2.24) is 5.32 Å². The van der Waals surface area contributed by atoms with Crippen molar-refractivity contribution in [3.8, 4) is 0 Å². The van der Waals surface area contributed by atoms with Crippen LogP contribution in [0.15, 0.2) is 24.3 Å². The number of benzene rings is 1. The molecule has 0 saturated heterocycles. The normalized spacial score (nSPS) is 17.5. The minimum Gasteiger partial charge on any atom is -0.314 e. The standard InChI is InChI=1S/C18H28ClN/c1-2-13-20-17(12-11-15-7-3-4-8-15)14-16-9-5-6-10-18(16)19/h5-6,9-10,15,17,20H,2-4,7-8,11-14H2,1H3. The predicted octanol–water partition coefficient (Wildman–Crippen LogP) is 5.22. The number of hydrogen-bond acceptors (Lipinski definition) is 1. The topological polar surface area (TPSA) is 12.0 Å². The quantitative estimate of drug-likeness (QED) is 0.693. The van der Waals surface area contributed by atoms with Crippen LogP contribution < -0.4 is 5.32 Å². The molecule has 0 bridgehead atoms. The molecule has 1 N–H and O–H groups in total. The summed E-state index contributed by atoms with van der Waals surface area (Å²) in [5.41, 5.74) is 1.29. The Bertz CT molecular complexity index is 385. The first-order chi connectivity index (χ1) is 9.79. The fraction of sp³-hybridized carbons (Fsp3) is 0.667. The molecule has 1 atom stereocenters. The average molecular weight is 294 g/mol. The van der Waals surface area contributed by atoms with Gasteiger partial charge in [0.2, 0.25) is 0 Å². The molecule has 2 rings (SSSR count). The summed E-state index contributed by atoms with van der Waals surface area (Å²) in [6.45, 7) is 3.34. The molecule has 20 heavy (non-hydrogen) atoms. The van der Waals surface area contributed by atoms with Gasteiger partial charge in [0.15, 0.2) is 0 Å². The third-order valence-electron chi connectivity index (χ3n) is 4.51. The van der Waals surface area contributed by atoms with Crippen molar-refractivity contribution in [2.24, 2.45) is 5.92 Å². The first-order valence-electron chi connectivity index (χ1n) is 8.26. The van der Waals surface area contributed by atoms with Crippen molar-refractivity contribution in [1.29, 1.82) is 0 Å². The van der Waals surface area contributed by atoms with Crippen LogP contribution in [-0.4, -0.2) is 12.6 Å². The van der Waals surface area contributed by atoms with Crippen LogP contribution in [0.5, 0.6) is 0 Å². The van der Waals surface area contributed by atoms with Crippen molar-refractivity contribution in [3.05, 3.63) is 34.9 Å². The van der Waals surface area contributed by atoms with E-state index in [1.165, 1.54) is 50.5 Å². The Morgan fingerprint density at radius 3 is 2.70 bits per heavy atom. The number of hydrogen-bond donors (Lipinski definition) is 1. The summed E-state index contributed by atoms with van der Waals surface area (Å²) in [6, 6.07) is 8.85. The van der Waals surface area contributed by atoms with Crippen molar-refractivity contribution in [2.45, 2.75) is 64.3 Å². The first-order valence-corrected chi connectivity index (χ1v) is 8.64. The van der Waals surface area contributed by atoms with E-state index in [9.17, 15) is 0 Å². The molecular weight excluding hydrogens is 266 g/mol. The number of halogens is 1. The maximum Gasteiger partial charge on any atom is 0.0438 e. The maximum absolute atomic E-state index is 6.30. The van der Waals surface area contributed by atoms with Crippen LogP contribution in [0.1, 0.15) is 57.4 Å². The zero-order valence-electron chi connectivity index (χ0n) is 12.7. The molecule has 1 aromatic rings. The second-order valence-electron chi connectivity index (χ2n) is 6.17.